The first-order valence-corrected chi connectivity index (χ1v) is 6.12. The predicted octanol–water partition coefficient (Wildman–Crippen LogP) is 3.49. The number of nitrogens with zero attached hydrogens (tertiary/aromatic N) is 2. The quantitative estimate of drug-likeness (QED) is 0.883. The van der Waals surface area contributed by atoms with E-state index < -0.39 is 11.9 Å². The van der Waals surface area contributed by atoms with E-state index in [1.54, 1.807) is 0 Å². The highest BCUT2D eigenvalue weighted by molar-refractivity contribution is 5.34. The van der Waals surface area contributed by atoms with Gasteiger partial charge in [0.1, 0.15) is 5.82 Å². The maximum atomic E-state index is 12.3. The second kappa shape index (κ2) is 5.12. The molecule has 0 amide bonds. The summed E-state index contributed by atoms with van der Waals surface area (Å²) >= 11 is 0. The minimum atomic E-state index is -4.42. The molecule has 1 aliphatic rings. The van der Waals surface area contributed by atoms with Gasteiger partial charge in [0.25, 0.3) is 0 Å². The third-order valence-corrected chi connectivity index (χ3v) is 3.32. The van der Waals surface area contributed by atoms with E-state index in [0.717, 1.165) is 37.7 Å². The smallest absolute Gasteiger partial charge is 0.366 e. The summed E-state index contributed by atoms with van der Waals surface area (Å²) in [6.07, 6.45) is -0.0724. The molecule has 0 atom stereocenters. The van der Waals surface area contributed by atoms with Crippen LogP contribution in [0.4, 0.5) is 19.0 Å². The first-order chi connectivity index (χ1) is 8.45. The van der Waals surface area contributed by atoms with Crippen molar-refractivity contribution in [3.8, 4) is 0 Å². The third-order valence-electron chi connectivity index (χ3n) is 3.32. The molecular formula is C12H16F3N3. The van der Waals surface area contributed by atoms with Crippen LogP contribution in [0, 0.1) is 5.92 Å². The van der Waals surface area contributed by atoms with E-state index in [4.69, 9.17) is 0 Å². The van der Waals surface area contributed by atoms with Gasteiger partial charge in [0.2, 0.25) is 0 Å². The Balaban J connectivity index is 1.94. The number of nitrogens with one attached hydrogen (secondary N) is 1. The number of hydrogen-bond acceptors (Lipinski definition) is 3. The van der Waals surface area contributed by atoms with Crippen molar-refractivity contribution in [2.75, 3.05) is 5.32 Å². The molecular weight excluding hydrogens is 243 g/mol. The van der Waals surface area contributed by atoms with Crippen LogP contribution in [0.2, 0.25) is 0 Å². The van der Waals surface area contributed by atoms with Gasteiger partial charge in [0.05, 0.1) is 0 Å². The summed E-state index contributed by atoms with van der Waals surface area (Å²) < 4.78 is 36.9. The van der Waals surface area contributed by atoms with Crippen LogP contribution in [-0.4, -0.2) is 16.2 Å². The summed E-state index contributed by atoms with van der Waals surface area (Å²) in [4.78, 5) is 0. The SMILES string of the molecule is CC1CCC(Nc2ccc(C(F)(F)F)nn2)CC1. The molecule has 0 radical (unpaired) electrons. The van der Waals surface area contributed by atoms with Crippen molar-refractivity contribution in [2.24, 2.45) is 5.92 Å². The number of anilines is 1. The van der Waals surface area contributed by atoms with Crippen molar-refractivity contribution in [3.63, 3.8) is 0 Å². The van der Waals surface area contributed by atoms with E-state index in [0.29, 0.717) is 11.9 Å². The van der Waals surface area contributed by atoms with Crippen LogP contribution in [0.5, 0.6) is 0 Å². The summed E-state index contributed by atoms with van der Waals surface area (Å²) in [5, 5.41) is 9.91. The van der Waals surface area contributed by atoms with Gasteiger partial charge in [0, 0.05) is 6.04 Å². The largest absolute Gasteiger partial charge is 0.435 e. The maximum absolute atomic E-state index is 12.3. The first kappa shape index (κ1) is 13.1. The molecule has 1 heterocycles. The van der Waals surface area contributed by atoms with Gasteiger partial charge >= 0.3 is 6.18 Å². The summed E-state index contributed by atoms with van der Waals surface area (Å²) in [5.41, 5.74) is -0.953. The van der Waals surface area contributed by atoms with Gasteiger partial charge in [-0.1, -0.05) is 6.92 Å². The molecule has 2 rings (SSSR count). The number of alkyl halides is 3. The van der Waals surface area contributed by atoms with E-state index >= 15 is 0 Å². The molecule has 0 unspecified atom stereocenters. The molecule has 1 aliphatic carbocycles. The molecule has 6 heteroatoms. The van der Waals surface area contributed by atoms with E-state index in [1.807, 2.05) is 0 Å². The zero-order valence-corrected chi connectivity index (χ0v) is 10.2. The number of rotatable bonds is 2. The van der Waals surface area contributed by atoms with Crippen LogP contribution in [-0.2, 0) is 6.18 Å². The van der Waals surface area contributed by atoms with Gasteiger partial charge in [-0.25, -0.2) is 0 Å². The monoisotopic (exact) mass is 259 g/mol. The molecule has 0 saturated heterocycles. The average Bonchev–Trinajstić information content (AvgIpc) is 2.32. The van der Waals surface area contributed by atoms with Gasteiger partial charge in [0.15, 0.2) is 5.69 Å². The molecule has 3 nitrogen and oxygen atoms in total. The van der Waals surface area contributed by atoms with E-state index in [2.05, 4.69) is 22.4 Å². The molecule has 1 saturated carbocycles. The Labute approximate surface area is 104 Å². The van der Waals surface area contributed by atoms with Crippen molar-refractivity contribution in [2.45, 2.75) is 44.8 Å². The molecule has 0 spiro atoms. The predicted molar refractivity (Wildman–Crippen MR) is 62.1 cm³/mol. The highest BCUT2D eigenvalue weighted by atomic mass is 19.4. The van der Waals surface area contributed by atoms with Crippen LogP contribution in [0.25, 0.3) is 0 Å². The summed E-state index contributed by atoms with van der Waals surface area (Å²) in [6, 6.07) is 2.60. The van der Waals surface area contributed by atoms with Gasteiger partial charge in [-0.2, -0.15) is 13.2 Å². The lowest BCUT2D eigenvalue weighted by Gasteiger charge is -2.27. The number of hydrogen-bond donors (Lipinski definition) is 1. The van der Waals surface area contributed by atoms with Crippen molar-refractivity contribution in [3.05, 3.63) is 17.8 Å². The Morgan fingerprint density at radius 1 is 1.11 bits per heavy atom. The zero-order valence-electron chi connectivity index (χ0n) is 10.2. The van der Waals surface area contributed by atoms with Gasteiger partial charge < -0.3 is 5.32 Å². The van der Waals surface area contributed by atoms with Gasteiger partial charge in [-0.15, -0.1) is 10.2 Å². The average molecular weight is 259 g/mol. The lowest BCUT2D eigenvalue weighted by Crippen LogP contribution is -2.26. The van der Waals surface area contributed by atoms with Crippen molar-refractivity contribution in [1.29, 1.82) is 0 Å². The van der Waals surface area contributed by atoms with Crippen molar-refractivity contribution < 1.29 is 13.2 Å². The Morgan fingerprint density at radius 2 is 1.78 bits per heavy atom. The second-order valence-corrected chi connectivity index (χ2v) is 4.90. The maximum Gasteiger partial charge on any atom is 0.435 e. The Kier molecular flexibility index (Phi) is 3.73. The highest BCUT2D eigenvalue weighted by Gasteiger charge is 2.33. The second-order valence-electron chi connectivity index (χ2n) is 4.90. The molecule has 1 N–H and O–H groups in total. The molecule has 1 aromatic rings. The highest BCUT2D eigenvalue weighted by Crippen LogP contribution is 2.28. The molecule has 0 aromatic carbocycles. The standard InChI is InChI=1S/C12H16F3N3/c1-8-2-4-9(5-3-8)16-11-7-6-10(17-18-11)12(13,14)15/h6-9H,2-5H2,1H3,(H,16,18). The lowest BCUT2D eigenvalue weighted by molar-refractivity contribution is -0.141. The normalized spacial score (nSPS) is 24.9. The van der Waals surface area contributed by atoms with Crippen LogP contribution in [0.15, 0.2) is 12.1 Å². The molecule has 0 aliphatic heterocycles. The van der Waals surface area contributed by atoms with E-state index in [9.17, 15) is 13.2 Å². The lowest BCUT2D eigenvalue weighted by atomic mass is 9.87. The molecule has 0 bridgehead atoms. The minimum absolute atomic E-state index is 0.298. The van der Waals surface area contributed by atoms with E-state index in [-0.39, 0.29) is 0 Å². The number of aromatic nitrogens is 2. The molecule has 18 heavy (non-hydrogen) atoms. The summed E-state index contributed by atoms with van der Waals surface area (Å²) in [6.45, 7) is 2.22. The fraction of sp³-hybridized carbons (Fsp3) is 0.667. The Bertz CT molecular complexity index is 381. The zero-order chi connectivity index (χ0) is 13.2. The van der Waals surface area contributed by atoms with Crippen LogP contribution in [0.1, 0.15) is 38.3 Å². The molecule has 1 fully saturated rings. The summed E-state index contributed by atoms with van der Waals surface area (Å²) in [7, 11) is 0. The van der Waals surface area contributed by atoms with Crippen molar-refractivity contribution >= 4 is 5.82 Å². The molecule has 1 aromatic heterocycles. The van der Waals surface area contributed by atoms with Crippen LogP contribution >= 0.6 is 0 Å². The Hall–Kier alpha value is -1.33. The van der Waals surface area contributed by atoms with Gasteiger partial charge in [-0.05, 0) is 43.7 Å². The Morgan fingerprint density at radius 3 is 2.28 bits per heavy atom. The van der Waals surface area contributed by atoms with Gasteiger partial charge in [-0.3, -0.25) is 0 Å². The fourth-order valence-electron chi connectivity index (χ4n) is 2.17. The fourth-order valence-corrected chi connectivity index (χ4v) is 2.17. The molecule has 100 valence electrons. The topological polar surface area (TPSA) is 37.8 Å². The van der Waals surface area contributed by atoms with Crippen LogP contribution in [0.3, 0.4) is 0 Å². The van der Waals surface area contributed by atoms with Crippen LogP contribution < -0.4 is 5.32 Å². The van der Waals surface area contributed by atoms with Crippen molar-refractivity contribution in [1.82, 2.24) is 10.2 Å². The summed E-state index contributed by atoms with van der Waals surface area (Å²) in [5.74, 6) is 1.16. The van der Waals surface area contributed by atoms with E-state index in [1.165, 1.54) is 6.07 Å². The first-order valence-electron chi connectivity index (χ1n) is 6.12. The minimum Gasteiger partial charge on any atom is -0.366 e. The third kappa shape index (κ3) is 3.34. The number of halogens is 3.